The van der Waals surface area contributed by atoms with Gasteiger partial charge in [0.15, 0.2) is 0 Å². The third kappa shape index (κ3) is 3.32. The summed E-state index contributed by atoms with van der Waals surface area (Å²) in [7, 11) is 0. The molecule has 0 spiro atoms. The first kappa shape index (κ1) is 13.9. The molecule has 1 aliphatic heterocycles. The minimum absolute atomic E-state index is 0.118. The maximum Gasteiger partial charge on any atom is 0.125 e. The van der Waals surface area contributed by atoms with Crippen molar-refractivity contribution in [1.82, 2.24) is 5.32 Å². The van der Waals surface area contributed by atoms with Crippen LogP contribution in [0.15, 0.2) is 18.2 Å². The van der Waals surface area contributed by atoms with E-state index in [-0.39, 0.29) is 5.82 Å². The van der Waals surface area contributed by atoms with Gasteiger partial charge in [-0.3, -0.25) is 0 Å². The van der Waals surface area contributed by atoms with Gasteiger partial charge in [-0.15, -0.1) is 0 Å². The molecule has 1 heterocycles. The van der Waals surface area contributed by atoms with Crippen LogP contribution in [0.4, 0.5) is 10.1 Å². The smallest absolute Gasteiger partial charge is 0.125 e. The van der Waals surface area contributed by atoms with E-state index in [0.717, 1.165) is 31.7 Å². The fourth-order valence-electron chi connectivity index (χ4n) is 3.54. The van der Waals surface area contributed by atoms with Crippen LogP contribution in [0.1, 0.15) is 44.1 Å². The fourth-order valence-corrected chi connectivity index (χ4v) is 3.54. The second-order valence-electron chi connectivity index (χ2n) is 6.15. The topological polar surface area (TPSA) is 15.3 Å². The van der Waals surface area contributed by atoms with Crippen molar-refractivity contribution in [2.45, 2.75) is 51.0 Å². The Bertz CT molecular complexity index is 439. The molecule has 1 fully saturated rings. The second-order valence-corrected chi connectivity index (χ2v) is 6.15. The van der Waals surface area contributed by atoms with Gasteiger partial charge in [0.2, 0.25) is 0 Å². The number of fused-ring (bicyclic) bond motifs is 1. The van der Waals surface area contributed by atoms with Gasteiger partial charge in [-0.1, -0.05) is 31.7 Å². The van der Waals surface area contributed by atoms with Crippen LogP contribution in [0.3, 0.4) is 0 Å². The lowest BCUT2D eigenvalue weighted by molar-refractivity contribution is 0.463. The Balaban J connectivity index is 1.49. The van der Waals surface area contributed by atoms with Crippen molar-refractivity contribution in [3.63, 3.8) is 0 Å². The highest BCUT2D eigenvalue weighted by Crippen LogP contribution is 2.28. The van der Waals surface area contributed by atoms with Gasteiger partial charge in [-0.05, 0) is 37.0 Å². The molecule has 0 atom stereocenters. The Hall–Kier alpha value is -1.09. The lowest BCUT2D eigenvalue weighted by Crippen LogP contribution is -2.36. The zero-order valence-electron chi connectivity index (χ0n) is 12.2. The molecule has 0 radical (unpaired) electrons. The summed E-state index contributed by atoms with van der Waals surface area (Å²) in [6, 6.07) is 5.90. The summed E-state index contributed by atoms with van der Waals surface area (Å²) >= 11 is 0. The lowest BCUT2D eigenvalue weighted by atomic mass is 10.1. The second kappa shape index (κ2) is 6.57. The monoisotopic (exact) mass is 276 g/mol. The summed E-state index contributed by atoms with van der Waals surface area (Å²) in [6.45, 7) is 3.04. The highest BCUT2D eigenvalue weighted by Gasteiger charge is 2.19. The van der Waals surface area contributed by atoms with Gasteiger partial charge < -0.3 is 10.2 Å². The van der Waals surface area contributed by atoms with Crippen LogP contribution >= 0.6 is 0 Å². The minimum atomic E-state index is -0.118. The van der Waals surface area contributed by atoms with Gasteiger partial charge in [-0.25, -0.2) is 4.39 Å². The maximum absolute atomic E-state index is 13.4. The predicted molar refractivity (Wildman–Crippen MR) is 81.8 cm³/mol. The Kier molecular flexibility index (Phi) is 4.56. The van der Waals surface area contributed by atoms with Crippen molar-refractivity contribution in [3.8, 4) is 0 Å². The Morgan fingerprint density at radius 1 is 1.15 bits per heavy atom. The highest BCUT2D eigenvalue weighted by molar-refractivity contribution is 5.58. The number of hydrogen-bond donors (Lipinski definition) is 1. The van der Waals surface area contributed by atoms with Gasteiger partial charge in [0.25, 0.3) is 0 Å². The number of rotatable bonds is 4. The number of nitrogens with one attached hydrogen (secondary N) is 1. The Morgan fingerprint density at radius 2 is 1.95 bits per heavy atom. The zero-order valence-corrected chi connectivity index (χ0v) is 12.2. The molecule has 3 rings (SSSR count). The molecular weight excluding hydrogens is 251 g/mol. The summed E-state index contributed by atoms with van der Waals surface area (Å²) in [4.78, 5) is 2.32. The van der Waals surface area contributed by atoms with E-state index in [0.29, 0.717) is 6.04 Å². The van der Waals surface area contributed by atoms with Crippen molar-refractivity contribution >= 4 is 5.69 Å². The van der Waals surface area contributed by atoms with Crippen molar-refractivity contribution < 1.29 is 4.39 Å². The van der Waals surface area contributed by atoms with Gasteiger partial charge in [0.05, 0.1) is 0 Å². The molecule has 0 amide bonds. The van der Waals surface area contributed by atoms with E-state index in [1.807, 2.05) is 6.07 Å². The molecule has 20 heavy (non-hydrogen) atoms. The summed E-state index contributed by atoms with van der Waals surface area (Å²) < 4.78 is 13.4. The van der Waals surface area contributed by atoms with Crippen molar-refractivity contribution in [3.05, 3.63) is 29.6 Å². The summed E-state index contributed by atoms with van der Waals surface area (Å²) in [5, 5.41) is 3.70. The molecule has 1 N–H and O–H groups in total. The summed E-state index contributed by atoms with van der Waals surface area (Å²) in [5.74, 6) is -0.118. The van der Waals surface area contributed by atoms with E-state index in [9.17, 15) is 4.39 Å². The molecule has 110 valence electrons. The Morgan fingerprint density at radius 3 is 2.75 bits per heavy atom. The van der Waals surface area contributed by atoms with Gasteiger partial charge in [0, 0.05) is 31.4 Å². The van der Waals surface area contributed by atoms with E-state index in [4.69, 9.17) is 0 Å². The normalized spacial score (nSPS) is 19.9. The number of halogens is 1. The van der Waals surface area contributed by atoms with E-state index < -0.39 is 0 Å². The predicted octanol–water partition coefficient (Wildman–Crippen LogP) is 3.50. The molecular formula is C17H25FN2. The standard InChI is InChI=1S/C17H25FN2/c18-15-8-7-14-9-11-20(17(14)13-15)12-10-19-16-5-3-1-2-4-6-16/h7-8,13,16,19H,1-6,9-12H2. The van der Waals surface area contributed by atoms with Crippen LogP contribution in [0.2, 0.25) is 0 Å². The van der Waals surface area contributed by atoms with Crippen molar-refractivity contribution in [2.24, 2.45) is 0 Å². The highest BCUT2D eigenvalue weighted by atomic mass is 19.1. The minimum Gasteiger partial charge on any atom is -0.370 e. The van der Waals surface area contributed by atoms with E-state index >= 15 is 0 Å². The van der Waals surface area contributed by atoms with Crippen LogP contribution < -0.4 is 10.2 Å². The lowest BCUT2D eigenvalue weighted by Gasteiger charge is -2.22. The number of anilines is 1. The van der Waals surface area contributed by atoms with Crippen LogP contribution in [-0.2, 0) is 6.42 Å². The molecule has 1 aromatic carbocycles. The first-order valence-corrected chi connectivity index (χ1v) is 8.10. The van der Waals surface area contributed by atoms with Crippen molar-refractivity contribution in [1.29, 1.82) is 0 Å². The van der Waals surface area contributed by atoms with Crippen LogP contribution in [0.25, 0.3) is 0 Å². The molecule has 3 heteroatoms. The third-order valence-corrected chi connectivity index (χ3v) is 4.71. The summed E-state index contributed by atoms with van der Waals surface area (Å²) in [5.41, 5.74) is 2.40. The zero-order chi connectivity index (χ0) is 13.8. The van der Waals surface area contributed by atoms with E-state index in [2.05, 4.69) is 10.2 Å². The molecule has 2 nitrogen and oxygen atoms in total. The number of hydrogen-bond acceptors (Lipinski definition) is 2. The molecule has 0 saturated heterocycles. The van der Waals surface area contributed by atoms with Gasteiger partial charge >= 0.3 is 0 Å². The fraction of sp³-hybridized carbons (Fsp3) is 0.647. The van der Waals surface area contributed by atoms with Crippen molar-refractivity contribution in [2.75, 3.05) is 24.5 Å². The number of nitrogens with zero attached hydrogens (tertiary/aromatic N) is 1. The third-order valence-electron chi connectivity index (χ3n) is 4.71. The van der Waals surface area contributed by atoms with Gasteiger partial charge in [-0.2, -0.15) is 0 Å². The SMILES string of the molecule is Fc1ccc2c(c1)N(CCNC1CCCCCC1)CC2. The molecule has 2 aliphatic rings. The largest absolute Gasteiger partial charge is 0.370 e. The number of benzene rings is 1. The average molecular weight is 276 g/mol. The Labute approximate surface area is 121 Å². The van der Waals surface area contributed by atoms with Crippen LogP contribution in [0, 0.1) is 5.82 Å². The first-order chi connectivity index (χ1) is 9.83. The molecule has 0 aromatic heterocycles. The quantitative estimate of drug-likeness (QED) is 0.847. The van der Waals surface area contributed by atoms with Gasteiger partial charge in [0.1, 0.15) is 5.82 Å². The van der Waals surface area contributed by atoms with Crippen LogP contribution in [-0.4, -0.2) is 25.7 Å². The van der Waals surface area contributed by atoms with E-state index in [1.165, 1.54) is 44.1 Å². The van der Waals surface area contributed by atoms with E-state index in [1.54, 1.807) is 12.1 Å². The first-order valence-electron chi connectivity index (χ1n) is 8.10. The maximum atomic E-state index is 13.4. The molecule has 1 aliphatic carbocycles. The van der Waals surface area contributed by atoms with Crippen LogP contribution in [0.5, 0.6) is 0 Å². The molecule has 0 bridgehead atoms. The molecule has 1 saturated carbocycles. The molecule has 1 aromatic rings. The molecule has 0 unspecified atom stereocenters. The summed E-state index contributed by atoms with van der Waals surface area (Å²) in [6.07, 6.45) is 9.24. The average Bonchev–Trinajstić information content (AvgIpc) is 2.68.